The van der Waals surface area contributed by atoms with Gasteiger partial charge in [0, 0.05) is 24.2 Å². The highest BCUT2D eigenvalue weighted by molar-refractivity contribution is 7.90. The first-order chi connectivity index (χ1) is 15.8. The number of ether oxygens (including phenoxy) is 1. The van der Waals surface area contributed by atoms with E-state index in [1.807, 2.05) is 6.07 Å². The average Bonchev–Trinajstić information content (AvgIpc) is 2.82. The number of hydrogen-bond donors (Lipinski definition) is 1. The van der Waals surface area contributed by atoms with E-state index in [2.05, 4.69) is 9.62 Å². The third kappa shape index (κ3) is 6.21. The number of amides is 1. The molecular weight excluding hydrogens is 483 g/mol. The van der Waals surface area contributed by atoms with Crippen molar-refractivity contribution in [2.24, 2.45) is 0 Å². The van der Waals surface area contributed by atoms with E-state index in [9.17, 15) is 13.2 Å². The van der Waals surface area contributed by atoms with Crippen LogP contribution in [0.25, 0.3) is 0 Å². The summed E-state index contributed by atoms with van der Waals surface area (Å²) in [6.07, 6.45) is 4.69. The predicted molar refractivity (Wildman–Crippen MR) is 131 cm³/mol. The van der Waals surface area contributed by atoms with Crippen LogP contribution in [0.5, 0.6) is 5.75 Å². The Balaban J connectivity index is 1.29. The second-order valence-corrected chi connectivity index (χ2v) is 11.5. The molecule has 1 saturated heterocycles. The fraction of sp³-hybridized carbons (Fsp3) is 0.458. The van der Waals surface area contributed by atoms with Gasteiger partial charge in [0.1, 0.15) is 11.9 Å². The summed E-state index contributed by atoms with van der Waals surface area (Å²) < 4.78 is 34.0. The van der Waals surface area contributed by atoms with Crippen LogP contribution in [0.2, 0.25) is 10.0 Å². The second kappa shape index (κ2) is 10.6. The molecule has 1 saturated carbocycles. The van der Waals surface area contributed by atoms with Gasteiger partial charge in [-0.25, -0.2) is 13.1 Å². The van der Waals surface area contributed by atoms with E-state index in [0.29, 0.717) is 40.2 Å². The lowest BCUT2D eigenvalue weighted by Gasteiger charge is -2.41. The van der Waals surface area contributed by atoms with Crippen molar-refractivity contribution in [3.63, 3.8) is 0 Å². The third-order valence-electron chi connectivity index (χ3n) is 6.47. The van der Waals surface area contributed by atoms with E-state index < -0.39 is 21.2 Å². The number of nitrogens with zero attached hydrogens (tertiary/aromatic N) is 1. The Labute approximate surface area is 205 Å². The lowest BCUT2D eigenvalue weighted by Crippen LogP contribution is -2.49. The van der Waals surface area contributed by atoms with Crippen LogP contribution in [0.4, 0.5) is 0 Å². The molecule has 0 radical (unpaired) electrons. The molecule has 1 atom stereocenters. The predicted octanol–water partition coefficient (Wildman–Crippen LogP) is 4.91. The number of likely N-dealkylation sites (tertiary alicyclic amines) is 1. The minimum absolute atomic E-state index is 0.0580. The van der Waals surface area contributed by atoms with Crippen LogP contribution in [-0.2, 0) is 10.0 Å². The molecule has 2 aromatic carbocycles. The summed E-state index contributed by atoms with van der Waals surface area (Å²) in [5.41, 5.74) is 0.344. The number of nitrogens with one attached hydrogen (secondary N) is 1. The van der Waals surface area contributed by atoms with Gasteiger partial charge in [0.2, 0.25) is 10.0 Å². The van der Waals surface area contributed by atoms with Crippen molar-refractivity contribution in [3.8, 4) is 5.75 Å². The smallest absolute Gasteiger partial charge is 0.264 e. The highest BCUT2D eigenvalue weighted by atomic mass is 35.5. The fourth-order valence-electron chi connectivity index (χ4n) is 4.72. The molecule has 2 aliphatic rings. The Bertz CT molecular complexity index is 1070. The molecule has 0 spiro atoms. The summed E-state index contributed by atoms with van der Waals surface area (Å²) >= 11 is 12.1. The summed E-state index contributed by atoms with van der Waals surface area (Å²) in [5, 5.41) is 0.427. The molecule has 1 unspecified atom stereocenters. The molecule has 4 rings (SSSR count). The number of benzene rings is 2. The van der Waals surface area contributed by atoms with E-state index in [1.165, 1.54) is 0 Å². The average molecular weight is 511 g/mol. The van der Waals surface area contributed by atoms with Crippen LogP contribution in [0.3, 0.4) is 0 Å². The minimum atomic E-state index is -3.71. The summed E-state index contributed by atoms with van der Waals surface area (Å²) in [4.78, 5) is 14.7. The Kier molecular flexibility index (Phi) is 7.84. The largest absolute Gasteiger partial charge is 0.489 e. The number of carbonyl (C=O) groups excluding carboxylic acids is 1. The molecule has 1 aliphatic heterocycles. The van der Waals surface area contributed by atoms with E-state index in [4.69, 9.17) is 27.9 Å². The quantitative estimate of drug-likeness (QED) is 0.597. The first kappa shape index (κ1) is 24.3. The second-order valence-electron chi connectivity index (χ2n) is 8.73. The standard InChI is InChI=1S/C24H28Cl2N2O4S/c25-22-13-10-19(15-23(22)26)32-20-7-4-14-28(16-20)18-8-11-21(12-9-18)33(30,31)27-24(29)17-5-2-1-3-6-17/h1-3,5-6,10,13,15,18,20-21H,4,7-9,11-12,14,16H2,(H,27,29)/t18-,20?,21-. The zero-order chi connectivity index (χ0) is 23.4. The van der Waals surface area contributed by atoms with Gasteiger partial charge in [-0.05, 0) is 69.3 Å². The molecule has 1 heterocycles. The van der Waals surface area contributed by atoms with E-state index >= 15 is 0 Å². The monoisotopic (exact) mass is 510 g/mol. The summed E-state index contributed by atoms with van der Waals surface area (Å²) in [7, 11) is -3.71. The van der Waals surface area contributed by atoms with Gasteiger partial charge in [-0.3, -0.25) is 9.69 Å². The Morgan fingerprint density at radius 2 is 1.70 bits per heavy atom. The lowest BCUT2D eigenvalue weighted by atomic mass is 9.92. The minimum Gasteiger partial charge on any atom is -0.489 e. The summed E-state index contributed by atoms with van der Waals surface area (Å²) in [6.45, 7) is 1.78. The molecule has 0 bridgehead atoms. The first-order valence-corrected chi connectivity index (χ1v) is 13.6. The molecule has 33 heavy (non-hydrogen) atoms. The molecule has 6 nitrogen and oxygen atoms in total. The van der Waals surface area contributed by atoms with Crippen molar-refractivity contribution in [2.45, 2.75) is 55.9 Å². The van der Waals surface area contributed by atoms with Crippen molar-refractivity contribution >= 4 is 39.1 Å². The Morgan fingerprint density at radius 3 is 2.39 bits per heavy atom. The molecular formula is C24H28Cl2N2O4S. The molecule has 2 fully saturated rings. The third-order valence-corrected chi connectivity index (χ3v) is 9.03. The molecule has 1 aliphatic carbocycles. The number of rotatable bonds is 6. The van der Waals surface area contributed by atoms with Crippen LogP contribution < -0.4 is 9.46 Å². The van der Waals surface area contributed by atoms with Crippen LogP contribution in [0.1, 0.15) is 48.9 Å². The van der Waals surface area contributed by atoms with Crippen molar-refractivity contribution in [1.29, 1.82) is 0 Å². The number of piperidine rings is 1. The number of halogens is 2. The van der Waals surface area contributed by atoms with Gasteiger partial charge in [0.25, 0.3) is 5.91 Å². The summed E-state index contributed by atoms with van der Waals surface area (Å²) in [5.74, 6) is 0.135. The molecule has 1 amide bonds. The van der Waals surface area contributed by atoms with Crippen LogP contribution in [0, 0.1) is 0 Å². The molecule has 0 aromatic heterocycles. The zero-order valence-electron chi connectivity index (χ0n) is 18.3. The van der Waals surface area contributed by atoms with Crippen LogP contribution in [0.15, 0.2) is 48.5 Å². The van der Waals surface area contributed by atoms with E-state index in [0.717, 1.165) is 38.8 Å². The van der Waals surface area contributed by atoms with Crippen molar-refractivity contribution in [2.75, 3.05) is 13.1 Å². The zero-order valence-corrected chi connectivity index (χ0v) is 20.6. The normalized spacial score (nSPS) is 24.2. The SMILES string of the molecule is O=C(NS(=O)(=O)[C@H]1CC[C@H](N2CCCC(Oc3ccc(Cl)c(Cl)c3)C2)CC1)c1ccccc1. The summed E-state index contributed by atoms with van der Waals surface area (Å²) in [6, 6.07) is 14.0. The Hall–Kier alpha value is -1.80. The van der Waals surface area contributed by atoms with Crippen LogP contribution in [-0.4, -0.2) is 49.7 Å². The number of hydrogen-bond acceptors (Lipinski definition) is 5. The maximum Gasteiger partial charge on any atom is 0.264 e. The van der Waals surface area contributed by atoms with E-state index in [-0.39, 0.29) is 6.10 Å². The number of carbonyl (C=O) groups is 1. The topological polar surface area (TPSA) is 75.7 Å². The fourth-order valence-corrected chi connectivity index (χ4v) is 6.44. The van der Waals surface area contributed by atoms with Gasteiger partial charge in [0.15, 0.2) is 0 Å². The highest BCUT2D eigenvalue weighted by Gasteiger charge is 2.35. The van der Waals surface area contributed by atoms with Gasteiger partial charge in [-0.1, -0.05) is 41.4 Å². The number of sulfonamides is 1. The molecule has 2 aromatic rings. The van der Waals surface area contributed by atoms with Gasteiger partial charge in [0.05, 0.1) is 15.3 Å². The molecule has 9 heteroatoms. The van der Waals surface area contributed by atoms with Crippen molar-refractivity contribution < 1.29 is 17.9 Å². The van der Waals surface area contributed by atoms with Crippen molar-refractivity contribution in [3.05, 3.63) is 64.1 Å². The first-order valence-electron chi connectivity index (χ1n) is 11.3. The Morgan fingerprint density at radius 1 is 0.970 bits per heavy atom. The molecule has 178 valence electrons. The van der Waals surface area contributed by atoms with Gasteiger partial charge >= 0.3 is 0 Å². The maximum atomic E-state index is 12.8. The maximum absolute atomic E-state index is 12.8. The lowest BCUT2D eigenvalue weighted by molar-refractivity contribution is 0.0496. The van der Waals surface area contributed by atoms with Crippen LogP contribution >= 0.6 is 23.2 Å². The highest BCUT2D eigenvalue weighted by Crippen LogP contribution is 2.31. The van der Waals surface area contributed by atoms with E-state index in [1.54, 1.807) is 42.5 Å². The molecule has 1 N–H and O–H groups in total. The van der Waals surface area contributed by atoms with Gasteiger partial charge < -0.3 is 4.74 Å². The van der Waals surface area contributed by atoms with Gasteiger partial charge in [-0.15, -0.1) is 0 Å². The van der Waals surface area contributed by atoms with Crippen molar-refractivity contribution in [1.82, 2.24) is 9.62 Å². The van der Waals surface area contributed by atoms with Gasteiger partial charge in [-0.2, -0.15) is 0 Å².